The molecule has 22 heavy (non-hydrogen) atoms. The van der Waals surface area contributed by atoms with E-state index >= 15 is 0 Å². The molecule has 1 atom stereocenters. The molecule has 2 aromatic rings. The average Bonchev–Trinajstić information content (AvgIpc) is 2.54. The minimum Gasteiger partial charge on any atom is -0.307 e. The van der Waals surface area contributed by atoms with Crippen LogP contribution >= 0.6 is 0 Å². The Bertz CT molecular complexity index is 663. The van der Waals surface area contributed by atoms with E-state index in [0.29, 0.717) is 5.39 Å². The van der Waals surface area contributed by atoms with Gasteiger partial charge < -0.3 is 5.32 Å². The predicted molar refractivity (Wildman–Crippen MR) is 92.2 cm³/mol. The normalized spacial score (nSPS) is 12.7. The van der Waals surface area contributed by atoms with E-state index in [2.05, 4.69) is 26.1 Å². The highest BCUT2D eigenvalue weighted by Gasteiger charge is 2.17. The average molecular weight is 301 g/mol. The van der Waals surface area contributed by atoms with Crippen molar-refractivity contribution < 1.29 is 0 Å². The Kier molecular flexibility index (Phi) is 6.13. The lowest BCUT2D eigenvalue weighted by Crippen LogP contribution is -2.32. The highest BCUT2D eigenvalue weighted by Crippen LogP contribution is 2.17. The van der Waals surface area contributed by atoms with E-state index in [-0.39, 0.29) is 11.6 Å². The summed E-state index contributed by atoms with van der Waals surface area (Å²) in [6.45, 7) is 8.10. The van der Waals surface area contributed by atoms with Gasteiger partial charge in [0.2, 0.25) is 0 Å². The molecule has 0 saturated carbocycles. The minimum atomic E-state index is 0.0817. The Balaban J connectivity index is 2.49. The number of nitrogens with zero attached hydrogens (tertiary/aromatic N) is 2. The molecule has 4 nitrogen and oxygen atoms in total. The molecule has 0 aliphatic heterocycles. The maximum Gasteiger partial charge on any atom is 0.261 e. The van der Waals surface area contributed by atoms with Gasteiger partial charge in [0.25, 0.3) is 5.56 Å². The van der Waals surface area contributed by atoms with Crippen LogP contribution in [0, 0.1) is 0 Å². The van der Waals surface area contributed by atoms with Gasteiger partial charge in [0.15, 0.2) is 0 Å². The summed E-state index contributed by atoms with van der Waals surface area (Å²) in [6.07, 6.45) is 4.16. The molecule has 0 saturated heterocycles. The topological polar surface area (TPSA) is 46.9 Å². The number of unbranched alkanes of at least 4 members (excludes halogenated alkanes) is 1. The third-order valence-electron chi connectivity index (χ3n) is 3.98. The van der Waals surface area contributed by atoms with Crippen LogP contribution in [0.2, 0.25) is 0 Å². The van der Waals surface area contributed by atoms with E-state index in [0.717, 1.165) is 50.1 Å². The fourth-order valence-corrected chi connectivity index (χ4v) is 2.76. The van der Waals surface area contributed by atoms with Gasteiger partial charge in [-0.25, -0.2) is 4.98 Å². The summed E-state index contributed by atoms with van der Waals surface area (Å²) in [5.74, 6) is 0.879. The number of fused-ring (bicyclic) bond motifs is 1. The summed E-state index contributed by atoms with van der Waals surface area (Å²) in [5.41, 5.74) is 0.879. The Hall–Kier alpha value is -1.68. The predicted octanol–water partition coefficient (Wildman–Crippen LogP) is 3.65. The molecule has 2 rings (SSSR count). The lowest BCUT2D eigenvalue weighted by Gasteiger charge is -2.21. The number of rotatable bonds is 8. The van der Waals surface area contributed by atoms with Crippen molar-refractivity contribution in [2.24, 2.45) is 0 Å². The van der Waals surface area contributed by atoms with Crippen molar-refractivity contribution in [3.63, 3.8) is 0 Å². The van der Waals surface area contributed by atoms with E-state index < -0.39 is 0 Å². The summed E-state index contributed by atoms with van der Waals surface area (Å²) in [4.78, 5) is 17.6. The van der Waals surface area contributed by atoms with Crippen molar-refractivity contribution in [1.29, 1.82) is 0 Å². The largest absolute Gasteiger partial charge is 0.307 e. The summed E-state index contributed by atoms with van der Waals surface area (Å²) >= 11 is 0. The number of hydrogen-bond acceptors (Lipinski definition) is 3. The van der Waals surface area contributed by atoms with Crippen molar-refractivity contribution in [3.8, 4) is 0 Å². The first kappa shape index (κ1) is 16.7. The number of hydrogen-bond donors (Lipinski definition) is 1. The highest BCUT2D eigenvalue weighted by atomic mass is 16.1. The Morgan fingerprint density at radius 1 is 1.18 bits per heavy atom. The lowest BCUT2D eigenvalue weighted by molar-refractivity contribution is 0.451. The van der Waals surface area contributed by atoms with Crippen molar-refractivity contribution >= 4 is 10.9 Å². The van der Waals surface area contributed by atoms with E-state index in [1.807, 2.05) is 28.8 Å². The van der Waals surface area contributed by atoms with Crippen LogP contribution in [0.4, 0.5) is 0 Å². The lowest BCUT2D eigenvalue weighted by atomic mass is 10.1. The van der Waals surface area contributed by atoms with Crippen LogP contribution < -0.4 is 10.9 Å². The van der Waals surface area contributed by atoms with Crippen LogP contribution in [-0.4, -0.2) is 16.1 Å². The molecule has 120 valence electrons. The first-order valence-electron chi connectivity index (χ1n) is 8.45. The molecule has 0 bridgehead atoms. The summed E-state index contributed by atoms with van der Waals surface area (Å²) < 4.78 is 1.86. The van der Waals surface area contributed by atoms with Crippen LogP contribution in [0.1, 0.15) is 58.3 Å². The van der Waals surface area contributed by atoms with Crippen LogP contribution in [-0.2, 0) is 6.54 Å². The van der Waals surface area contributed by atoms with Crippen molar-refractivity contribution in [3.05, 3.63) is 40.4 Å². The molecule has 1 aromatic heterocycles. The molecule has 1 heterocycles. The maximum absolute atomic E-state index is 12.8. The number of benzene rings is 1. The molecule has 0 radical (unpaired) electrons. The van der Waals surface area contributed by atoms with E-state index in [1.54, 1.807) is 0 Å². The molecule has 0 spiro atoms. The molecule has 1 N–H and O–H groups in total. The standard InChI is InChI=1S/C18H27N3O/c1-4-7-12-19-15(6-3)17-20-16-11-9-8-10-14(16)18(22)21(17)13-5-2/h8-11,15,19H,4-7,12-13H2,1-3H3/t15-/m1/s1. The fourth-order valence-electron chi connectivity index (χ4n) is 2.76. The molecule has 0 amide bonds. The van der Waals surface area contributed by atoms with E-state index in [1.165, 1.54) is 0 Å². The second-order valence-corrected chi connectivity index (χ2v) is 5.71. The highest BCUT2D eigenvalue weighted by molar-refractivity contribution is 5.77. The second-order valence-electron chi connectivity index (χ2n) is 5.71. The van der Waals surface area contributed by atoms with Gasteiger partial charge in [0.05, 0.1) is 16.9 Å². The Morgan fingerprint density at radius 2 is 1.95 bits per heavy atom. The quantitative estimate of drug-likeness (QED) is 0.757. The first-order chi connectivity index (χ1) is 10.7. The van der Waals surface area contributed by atoms with Crippen LogP contribution in [0.15, 0.2) is 29.1 Å². The van der Waals surface area contributed by atoms with Gasteiger partial charge in [0, 0.05) is 6.54 Å². The van der Waals surface area contributed by atoms with Crippen LogP contribution in [0.5, 0.6) is 0 Å². The molecule has 0 unspecified atom stereocenters. The second kappa shape index (κ2) is 8.08. The van der Waals surface area contributed by atoms with E-state index in [9.17, 15) is 4.79 Å². The van der Waals surface area contributed by atoms with Gasteiger partial charge in [-0.1, -0.05) is 39.3 Å². The smallest absolute Gasteiger partial charge is 0.261 e. The van der Waals surface area contributed by atoms with Crippen molar-refractivity contribution in [2.75, 3.05) is 6.54 Å². The van der Waals surface area contributed by atoms with E-state index in [4.69, 9.17) is 4.98 Å². The van der Waals surface area contributed by atoms with Gasteiger partial charge >= 0.3 is 0 Å². The summed E-state index contributed by atoms with van der Waals surface area (Å²) in [7, 11) is 0. The van der Waals surface area contributed by atoms with Gasteiger partial charge in [-0.15, -0.1) is 0 Å². The molecular formula is C18H27N3O. The maximum atomic E-state index is 12.8. The zero-order valence-electron chi connectivity index (χ0n) is 13.9. The number of nitrogens with one attached hydrogen (secondary N) is 1. The van der Waals surface area contributed by atoms with Crippen molar-refractivity contribution in [2.45, 2.75) is 59.0 Å². The Labute approximate surface area is 132 Å². The third kappa shape index (κ3) is 3.55. The minimum absolute atomic E-state index is 0.0817. The number of para-hydroxylation sites is 1. The molecular weight excluding hydrogens is 274 g/mol. The zero-order valence-corrected chi connectivity index (χ0v) is 13.9. The summed E-state index contributed by atoms with van der Waals surface area (Å²) in [5, 5.41) is 4.27. The zero-order chi connectivity index (χ0) is 15.9. The fraction of sp³-hybridized carbons (Fsp3) is 0.556. The van der Waals surface area contributed by atoms with Gasteiger partial charge in [-0.05, 0) is 37.9 Å². The summed E-state index contributed by atoms with van der Waals surface area (Å²) in [6, 6.07) is 7.77. The van der Waals surface area contributed by atoms with Gasteiger partial charge in [-0.2, -0.15) is 0 Å². The Morgan fingerprint density at radius 3 is 2.64 bits per heavy atom. The van der Waals surface area contributed by atoms with Crippen LogP contribution in [0.3, 0.4) is 0 Å². The first-order valence-corrected chi connectivity index (χ1v) is 8.45. The van der Waals surface area contributed by atoms with Crippen molar-refractivity contribution in [1.82, 2.24) is 14.9 Å². The molecule has 0 aliphatic carbocycles. The molecule has 0 fully saturated rings. The molecule has 4 heteroatoms. The monoisotopic (exact) mass is 301 g/mol. The van der Waals surface area contributed by atoms with Gasteiger partial charge in [-0.3, -0.25) is 9.36 Å². The molecule has 1 aromatic carbocycles. The SMILES string of the molecule is CCCCN[C@H](CC)c1nc2ccccc2c(=O)n1CCC. The number of aromatic nitrogens is 2. The third-order valence-corrected chi connectivity index (χ3v) is 3.98. The van der Waals surface area contributed by atoms with Crippen LogP contribution in [0.25, 0.3) is 10.9 Å². The van der Waals surface area contributed by atoms with Gasteiger partial charge in [0.1, 0.15) is 5.82 Å². The molecule has 0 aliphatic rings.